The molecule has 0 spiro atoms. The molecular weight excluding hydrogens is 576 g/mol. The van der Waals surface area contributed by atoms with Gasteiger partial charge in [0.15, 0.2) is 5.65 Å². The average molecular weight is 606 g/mol. The van der Waals surface area contributed by atoms with Gasteiger partial charge in [0.1, 0.15) is 22.9 Å². The highest BCUT2D eigenvalue weighted by Gasteiger charge is 2.36. The first kappa shape index (κ1) is 28.8. The number of carboxylic acid groups (broad SMARTS) is 1. The monoisotopic (exact) mass is 605 g/mol. The van der Waals surface area contributed by atoms with Crippen LogP contribution in [0, 0.1) is 25.2 Å². The van der Waals surface area contributed by atoms with E-state index in [1.165, 1.54) is 16.8 Å². The van der Waals surface area contributed by atoms with Gasteiger partial charge in [0.05, 0.1) is 16.9 Å². The third-order valence-electron chi connectivity index (χ3n) is 8.41. The standard InChI is InChI=1S/C30H29F2N7O3S/c1-17-5-6-20(24(12-26(40)41)23-7-9-39-28(18(23)2)35-36-30(39)27(31)32)11-21(17)15-37-16-22-4-3-8-38(22)29-25(43(37)42)10-19(13-33)14-34-29/h5-7,9-11,14,22,24,27H,3-4,8,12,15-16H2,1-2H3,(H,40,41). The van der Waals surface area contributed by atoms with Gasteiger partial charge in [0.2, 0.25) is 5.82 Å². The van der Waals surface area contributed by atoms with Crippen molar-refractivity contribution in [2.75, 3.05) is 18.0 Å². The Hall–Kier alpha value is -4.28. The molecule has 1 N–H and O–H groups in total. The Bertz CT molecular complexity index is 1800. The summed E-state index contributed by atoms with van der Waals surface area (Å²) >= 11 is 0. The van der Waals surface area contributed by atoms with Crippen LogP contribution in [0.15, 0.2) is 47.6 Å². The number of fused-ring (bicyclic) bond motifs is 4. The summed E-state index contributed by atoms with van der Waals surface area (Å²) in [5.41, 5.74) is 4.41. The predicted molar refractivity (Wildman–Crippen MR) is 154 cm³/mol. The van der Waals surface area contributed by atoms with Crippen LogP contribution in [0.4, 0.5) is 14.6 Å². The molecule has 0 radical (unpaired) electrons. The van der Waals surface area contributed by atoms with Crippen LogP contribution in [0.1, 0.15) is 70.8 Å². The Morgan fingerprint density at radius 2 is 2.05 bits per heavy atom. The van der Waals surface area contributed by atoms with Crippen LogP contribution in [0.25, 0.3) is 5.65 Å². The minimum absolute atomic E-state index is 0.129. The van der Waals surface area contributed by atoms with Crippen LogP contribution < -0.4 is 4.90 Å². The second-order valence-corrected chi connectivity index (χ2v) is 12.5. The van der Waals surface area contributed by atoms with Crippen molar-refractivity contribution < 1.29 is 22.9 Å². The number of aromatic nitrogens is 4. The molecule has 2 aliphatic heterocycles. The van der Waals surface area contributed by atoms with Crippen LogP contribution >= 0.6 is 0 Å². The lowest BCUT2D eigenvalue weighted by Crippen LogP contribution is -2.38. The molecule has 3 aromatic heterocycles. The minimum atomic E-state index is -2.80. The van der Waals surface area contributed by atoms with E-state index in [0.717, 1.165) is 36.1 Å². The Morgan fingerprint density at radius 3 is 2.79 bits per heavy atom. The number of rotatable bonds is 7. The van der Waals surface area contributed by atoms with Crippen molar-refractivity contribution in [3.8, 4) is 6.07 Å². The van der Waals surface area contributed by atoms with Gasteiger partial charge in [-0.3, -0.25) is 9.20 Å². The predicted octanol–water partition coefficient (Wildman–Crippen LogP) is 4.66. The highest BCUT2D eigenvalue weighted by molar-refractivity contribution is 7.82. The molecule has 6 rings (SSSR count). The van der Waals surface area contributed by atoms with Crippen LogP contribution in [0.2, 0.25) is 0 Å². The number of pyridine rings is 2. The van der Waals surface area contributed by atoms with Crippen molar-refractivity contribution in [1.29, 1.82) is 5.26 Å². The topological polar surface area (TPSA) is 128 Å². The third-order valence-corrected chi connectivity index (χ3v) is 9.84. The van der Waals surface area contributed by atoms with Crippen molar-refractivity contribution in [3.05, 3.63) is 81.9 Å². The first-order valence-electron chi connectivity index (χ1n) is 13.9. The molecule has 222 valence electrons. The van der Waals surface area contributed by atoms with E-state index in [1.54, 1.807) is 19.1 Å². The van der Waals surface area contributed by atoms with Gasteiger partial charge in [-0.15, -0.1) is 10.2 Å². The molecule has 4 aromatic rings. The molecule has 2 aliphatic rings. The van der Waals surface area contributed by atoms with Crippen LogP contribution in [0.3, 0.4) is 0 Å². The number of benzene rings is 1. The van der Waals surface area contributed by atoms with E-state index >= 15 is 0 Å². The van der Waals surface area contributed by atoms with Gasteiger partial charge in [-0.05, 0) is 66.6 Å². The van der Waals surface area contributed by atoms with Crippen LogP contribution in [-0.4, -0.2) is 58.3 Å². The number of aliphatic carboxylic acids is 1. The van der Waals surface area contributed by atoms with E-state index in [1.807, 2.05) is 29.4 Å². The maximum Gasteiger partial charge on any atom is 0.304 e. The molecule has 43 heavy (non-hydrogen) atoms. The molecule has 13 heteroatoms. The SMILES string of the molecule is Cc1ccc(C(CC(=O)O)c2ccn3c(C(F)F)nnc3c2C)cc1CN1CC2CCCN2c2ncc(C#N)cc2S1=O. The first-order valence-corrected chi connectivity index (χ1v) is 15.0. The summed E-state index contributed by atoms with van der Waals surface area (Å²) in [5, 5.41) is 26.9. The molecule has 5 heterocycles. The molecule has 1 fully saturated rings. The zero-order valence-corrected chi connectivity index (χ0v) is 24.4. The fourth-order valence-electron chi connectivity index (χ4n) is 6.20. The van der Waals surface area contributed by atoms with E-state index < -0.39 is 35.1 Å². The number of nitriles is 1. The van der Waals surface area contributed by atoms with Gasteiger partial charge >= 0.3 is 5.97 Å². The first-order chi connectivity index (χ1) is 20.7. The summed E-state index contributed by atoms with van der Waals surface area (Å²) < 4.78 is 44.0. The molecule has 0 aliphatic carbocycles. The van der Waals surface area contributed by atoms with Crippen molar-refractivity contribution in [1.82, 2.24) is 23.9 Å². The number of anilines is 1. The molecule has 3 atom stereocenters. The van der Waals surface area contributed by atoms with Crippen LogP contribution in [-0.2, 0) is 22.3 Å². The Labute approximate surface area is 249 Å². The van der Waals surface area contributed by atoms with Crippen molar-refractivity contribution in [3.63, 3.8) is 0 Å². The summed E-state index contributed by atoms with van der Waals surface area (Å²) in [5.74, 6) is -1.41. The Morgan fingerprint density at radius 1 is 1.23 bits per heavy atom. The van der Waals surface area contributed by atoms with Gasteiger partial charge in [-0.2, -0.15) is 5.26 Å². The number of nitrogens with zero attached hydrogens (tertiary/aromatic N) is 7. The van der Waals surface area contributed by atoms with Gasteiger partial charge in [-0.1, -0.05) is 18.2 Å². The smallest absolute Gasteiger partial charge is 0.304 e. The van der Waals surface area contributed by atoms with Crippen molar-refractivity contribution in [2.45, 2.75) is 62.9 Å². The number of carboxylic acids is 1. The average Bonchev–Trinajstić information content (AvgIpc) is 3.62. The minimum Gasteiger partial charge on any atom is -0.481 e. The molecule has 1 aromatic carbocycles. The fraction of sp³-hybridized carbons (Fsp3) is 0.367. The van der Waals surface area contributed by atoms with E-state index in [0.29, 0.717) is 40.5 Å². The van der Waals surface area contributed by atoms with Gasteiger partial charge in [0.25, 0.3) is 6.43 Å². The number of hydrogen-bond acceptors (Lipinski definition) is 7. The molecule has 1 saturated heterocycles. The second kappa shape index (κ2) is 11.4. The third kappa shape index (κ3) is 5.25. The lowest BCUT2D eigenvalue weighted by Gasteiger charge is -2.26. The van der Waals surface area contributed by atoms with Gasteiger partial charge < -0.3 is 10.0 Å². The molecule has 3 unspecified atom stereocenters. The number of aryl methyl sites for hydroxylation is 2. The van der Waals surface area contributed by atoms with E-state index in [9.17, 15) is 28.2 Å². The lowest BCUT2D eigenvalue weighted by molar-refractivity contribution is -0.137. The van der Waals surface area contributed by atoms with E-state index in [-0.39, 0.29) is 18.1 Å². The highest BCUT2D eigenvalue weighted by atomic mass is 32.2. The summed E-state index contributed by atoms with van der Waals surface area (Å²) in [6.07, 6.45) is 1.88. The molecule has 10 nitrogen and oxygen atoms in total. The normalized spacial score (nSPS) is 19.2. The Kier molecular flexibility index (Phi) is 7.66. The number of carbonyl (C=O) groups is 1. The lowest BCUT2D eigenvalue weighted by atomic mass is 9.85. The summed E-state index contributed by atoms with van der Waals surface area (Å²) in [6.45, 7) is 5.38. The largest absolute Gasteiger partial charge is 0.481 e. The maximum absolute atomic E-state index is 14.0. The van der Waals surface area contributed by atoms with E-state index in [2.05, 4.69) is 26.2 Å². The summed E-state index contributed by atoms with van der Waals surface area (Å²) in [7, 11) is -1.58. The van der Waals surface area contributed by atoms with Gasteiger partial charge in [-0.25, -0.2) is 22.3 Å². The zero-order chi connectivity index (χ0) is 30.4. The summed E-state index contributed by atoms with van der Waals surface area (Å²) in [6, 6.07) is 11.3. The maximum atomic E-state index is 14.0. The number of alkyl halides is 2. The zero-order valence-electron chi connectivity index (χ0n) is 23.6. The number of halogens is 2. The quantitative estimate of drug-likeness (QED) is 0.322. The highest BCUT2D eigenvalue weighted by Crippen LogP contribution is 2.37. The molecular formula is C30H29F2N7O3S. The van der Waals surface area contributed by atoms with Crippen LogP contribution in [0.5, 0.6) is 0 Å². The second-order valence-electron chi connectivity index (χ2n) is 11.0. The molecule has 0 bridgehead atoms. The van der Waals surface area contributed by atoms with Crippen molar-refractivity contribution in [2.24, 2.45) is 0 Å². The van der Waals surface area contributed by atoms with E-state index in [4.69, 9.17) is 0 Å². The fourth-order valence-corrected chi connectivity index (χ4v) is 7.60. The molecule has 0 amide bonds. The van der Waals surface area contributed by atoms with Gasteiger partial charge in [0, 0.05) is 44.0 Å². The van der Waals surface area contributed by atoms with Crippen molar-refractivity contribution >= 4 is 28.4 Å². The molecule has 0 saturated carbocycles. The Balaban J connectivity index is 1.38. The summed E-state index contributed by atoms with van der Waals surface area (Å²) in [4.78, 5) is 19.3. The number of hydrogen-bond donors (Lipinski definition) is 1.